The lowest BCUT2D eigenvalue weighted by atomic mass is 9.92. The van der Waals surface area contributed by atoms with Gasteiger partial charge in [-0.1, -0.05) is 17.8 Å². The molecule has 1 unspecified atom stereocenters. The third-order valence-electron chi connectivity index (χ3n) is 4.95. The quantitative estimate of drug-likeness (QED) is 0.896. The summed E-state index contributed by atoms with van der Waals surface area (Å²) in [5.41, 5.74) is 1.07. The molecule has 3 heterocycles. The van der Waals surface area contributed by atoms with E-state index in [4.69, 9.17) is 0 Å². The van der Waals surface area contributed by atoms with Gasteiger partial charge in [-0.05, 0) is 62.0 Å². The fourth-order valence-corrected chi connectivity index (χ4v) is 4.26. The molecule has 2 aromatic heterocycles. The maximum Gasteiger partial charge on any atom is 0.228 e. The lowest BCUT2D eigenvalue weighted by molar-refractivity contribution is -0.118. The Morgan fingerprint density at radius 1 is 1.17 bits per heavy atom. The number of anilines is 1. The zero-order chi connectivity index (χ0) is 16.4. The van der Waals surface area contributed by atoms with Crippen LogP contribution in [0.3, 0.4) is 0 Å². The van der Waals surface area contributed by atoms with E-state index < -0.39 is 0 Å². The van der Waals surface area contributed by atoms with Crippen molar-refractivity contribution < 1.29 is 4.79 Å². The lowest BCUT2D eigenvalue weighted by Gasteiger charge is -2.23. The van der Waals surface area contributed by atoms with Crippen molar-refractivity contribution in [2.24, 2.45) is 11.3 Å². The Labute approximate surface area is 145 Å². The van der Waals surface area contributed by atoms with Crippen LogP contribution in [-0.2, 0) is 4.79 Å². The van der Waals surface area contributed by atoms with E-state index >= 15 is 0 Å². The van der Waals surface area contributed by atoms with E-state index in [9.17, 15) is 4.79 Å². The summed E-state index contributed by atoms with van der Waals surface area (Å²) in [5, 5.41) is 8.17. The zero-order valence-corrected chi connectivity index (χ0v) is 14.2. The number of carbonyl (C=O) groups is 1. The molecule has 1 atom stereocenters. The first-order chi connectivity index (χ1) is 11.8. The molecule has 1 saturated heterocycles. The third kappa shape index (κ3) is 3.30. The van der Waals surface area contributed by atoms with Gasteiger partial charge in [-0.15, -0.1) is 0 Å². The molecule has 24 heavy (non-hydrogen) atoms. The van der Waals surface area contributed by atoms with Crippen LogP contribution in [0, 0.1) is 11.3 Å². The maximum absolute atomic E-state index is 12.5. The molecule has 1 saturated carbocycles. The molecule has 2 aromatic rings. The average Bonchev–Trinajstić information content (AvgIpc) is 3.30. The minimum atomic E-state index is 0.150. The van der Waals surface area contributed by atoms with Crippen LogP contribution in [0.25, 0.3) is 0 Å². The third-order valence-corrected chi connectivity index (χ3v) is 5.84. The van der Waals surface area contributed by atoms with E-state index in [1.54, 1.807) is 12.4 Å². The van der Waals surface area contributed by atoms with Crippen molar-refractivity contribution in [3.05, 3.63) is 42.7 Å². The second-order valence-corrected chi connectivity index (χ2v) is 7.55. The Bertz CT molecular complexity index is 731. The molecule has 0 radical (unpaired) electrons. The number of hydrogen-bond acceptors (Lipinski definition) is 5. The smallest absolute Gasteiger partial charge is 0.228 e. The highest BCUT2D eigenvalue weighted by atomic mass is 32.2. The predicted molar refractivity (Wildman–Crippen MR) is 93.9 cm³/mol. The van der Waals surface area contributed by atoms with E-state index in [1.807, 2.05) is 30.3 Å². The van der Waals surface area contributed by atoms with Crippen molar-refractivity contribution in [3.8, 4) is 0 Å². The summed E-state index contributed by atoms with van der Waals surface area (Å²) in [7, 11) is 0. The summed E-state index contributed by atoms with van der Waals surface area (Å²) in [5.74, 6) is 0.316. The fraction of sp³-hybridized carbons (Fsp3) is 0.389. The molecular formula is C18H20N4OS. The van der Waals surface area contributed by atoms with E-state index in [0.717, 1.165) is 48.1 Å². The predicted octanol–water partition coefficient (Wildman–Crippen LogP) is 2.96. The first-order valence-corrected chi connectivity index (χ1v) is 9.13. The summed E-state index contributed by atoms with van der Waals surface area (Å²) < 4.78 is 0. The second-order valence-electron chi connectivity index (χ2n) is 6.51. The molecule has 2 N–H and O–H groups in total. The van der Waals surface area contributed by atoms with E-state index in [1.165, 1.54) is 11.8 Å². The molecule has 124 valence electrons. The Kier molecular flexibility index (Phi) is 4.24. The van der Waals surface area contributed by atoms with Crippen molar-refractivity contribution in [2.45, 2.75) is 29.3 Å². The Morgan fingerprint density at radius 2 is 2.00 bits per heavy atom. The van der Waals surface area contributed by atoms with E-state index in [-0.39, 0.29) is 17.2 Å². The van der Waals surface area contributed by atoms with Gasteiger partial charge in [0, 0.05) is 24.0 Å². The molecule has 2 fully saturated rings. The standard InChI is InChI=1S/C18H20N4OS/c23-17(14-12-18(14)5-9-19-10-6-18)22-13-4-8-21-16(11-13)24-15-3-1-2-7-20-15/h1-4,7-8,11,14,19H,5-6,9-10,12H2,(H,21,22,23). The highest BCUT2D eigenvalue weighted by Crippen LogP contribution is 2.58. The van der Waals surface area contributed by atoms with Crippen LogP contribution in [0.2, 0.25) is 0 Å². The Balaban J connectivity index is 1.40. The summed E-state index contributed by atoms with van der Waals surface area (Å²) in [6.45, 7) is 2.06. The average molecular weight is 340 g/mol. The van der Waals surface area contributed by atoms with E-state index in [0.29, 0.717) is 0 Å². The number of pyridine rings is 2. The summed E-state index contributed by atoms with van der Waals surface area (Å²) >= 11 is 1.49. The van der Waals surface area contributed by atoms with E-state index in [2.05, 4.69) is 20.6 Å². The van der Waals surface area contributed by atoms with Crippen LogP contribution < -0.4 is 10.6 Å². The molecule has 4 rings (SSSR count). The molecule has 5 nitrogen and oxygen atoms in total. The number of carbonyl (C=O) groups excluding carboxylic acids is 1. The minimum absolute atomic E-state index is 0.150. The number of hydrogen-bond donors (Lipinski definition) is 2. The van der Waals surface area contributed by atoms with Gasteiger partial charge in [-0.3, -0.25) is 4.79 Å². The summed E-state index contributed by atoms with van der Waals surface area (Å²) in [6, 6.07) is 9.54. The number of nitrogens with one attached hydrogen (secondary N) is 2. The molecular weight excluding hydrogens is 320 g/mol. The van der Waals surface area contributed by atoms with Crippen molar-refractivity contribution in [2.75, 3.05) is 18.4 Å². The SMILES string of the molecule is O=C(Nc1ccnc(Sc2ccccn2)c1)C1CC12CCNCC2. The highest BCUT2D eigenvalue weighted by molar-refractivity contribution is 7.99. The van der Waals surface area contributed by atoms with Crippen LogP contribution >= 0.6 is 11.8 Å². The van der Waals surface area contributed by atoms with Crippen LogP contribution in [-0.4, -0.2) is 29.0 Å². The van der Waals surface area contributed by atoms with Crippen molar-refractivity contribution in [1.82, 2.24) is 15.3 Å². The number of nitrogens with zero attached hydrogens (tertiary/aromatic N) is 2. The minimum Gasteiger partial charge on any atom is -0.326 e. The van der Waals surface area contributed by atoms with Gasteiger partial charge in [0.05, 0.1) is 0 Å². The lowest BCUT2D eigenvalue weighted by Crippen LogP contribution is -2.31. The van der Waals surface area contributed by atoms with Gasteiger partial charge >= 0.3 is 0 Å². The Morgan fingerprint density at radius 3 is 2.79 bits per heavy atom. The van der Waals surface area contributed by atoms with Gasteiger partial charge in [0.15, 0.2) is 0 Å². The molecule has 0 bridgehead atoms. The number of piperidine rings is 1. The van der Waals surface area contributed by atoms with Gasteiger partial charge in [-0.25, -0.2) is 9.97 Å². The van der Waals surface area contributed by atoms with Crippen LogP contribution in [0.15, 0.2) is 52.8 Å². The fourth-order valence-electron chi connectivity index (χ4n) is 3.48. The normalized spacial score (nSPS) is 21.4. The van der Waals surface area contributed by atoms with Crippen LogP contribution in [0.1, 0.15) is 19.3 Å². The first kappa shape index (κ1) is 15.6. The molecule has 1 aliphatic heterocycles. The van der Waals surface area contributed by atoms with Crippen molar-refractivity contribution in [1.29, 1.82) is 0 Å². The summed E-state index contributed by atoms with van der Waals surface area (Å²) in [6.07, 6.45) is 6.75. The molecule has 1 aliphatic carbocycles. The molecule has 0 aromatic carbocycles. The second kappa shape index (κ2) is 6.53. The van der Waals surface area contributed by atoms with Gasteiger partial charge < -0.3 is 10.6 Å². The topological polar surface area (TPSA) is 66.9 Å². The number of amides is 1. The number of aromatic nitrogens is 2. The first-order valence-electron chi connectivity index (χ1n) is 8.32. The van der Waals surface area contributed by atoms with Gasteiger partial charge in [-0.2, -0.15) is 0 Å². The zero-order valence-electron chi connectivity index (χ0n) is 13.4. The molecule has 2 aliphatic rings. The largest absolute Gasteiger partial charge is 0.326 e. The van der Waals surface area contributed by atoms with Crippen LogP contribution in [0.5, 0.6) is 0 Å². The molecule has 1 spiro atoms. The van der Waals surface area contributed by atoms with Crippen LogP contribution in [0.4, 0.5) is 5.69 Å². The van der Waals surface area contributed by atoms with Crippen molar-refractivity contribution in [3.63, 3.8) is 0 Å². The maximum atomic E-state index is 12.5. The summed E-state index contributed by atoms with van der Waals surface area (Å²) in [4.78, 5) is 21.2. The Hall–Kier alpha value is -1.92. The molecule has 6 heteroatoms. The monoisotopic (exact) mass is 340 g/mol. The van der Waals surface area contributed by atoms with Gasteiger partial charge in [0.2, 0.25) is 5.91 Å². The van der Waals surface area contributed by atoms with Crippen molar-refractivity contribution >= 4 is 23.4 Å². The number of rotatable bonds is 4. The molecule has 1 amide bonds. The van der Waals surface area contributed by atoms with Gasteiger partial charge in [0.1, 0.15) is 10.1 Å². The van der Waals surface area contributed by atoms with Gasteiger partial charge in [0.25, 0.3) is 0 Å². The highest BCUT2D eigenvalue weighted by Gasteiger charge is 2.57.